The minimum Gasteiger partial charge on any atom is -0.326 e. The van der Waals surface area contributed by atoms with Crippen molar-refractivity contribution in [1.82, 2.24) is 9.55 Å². The normalized spacial score (nSPS) is 10.6. The SMILES string of the molecule is CCn1ccnc1SCC(=O)c1ccc(Cl)cc1. The first kappa shape index (κ1) is 13.2. The van der Waals surface area contributed by atoms with Crippen LogP contribution < -0.4 is 0 Å². The number of ketones is 1. The van der Waals surface area contributed by atoms with Crippen molar-refractivity contribution in [3.05, 3.63) is 47.2 Å². The van der Waals surface area contributed by atoms with Gasteiger partial charge in [0.1, 0.15) is 0 Å². The van der Waals surface area contributed by atoms with Gasteiger partial charge in [-0.2, -0.15) is 0 Å². The molecular formula is C13H13ClN2OS. The molecule has 0 aliphatic carbocycles. The number of thioether (sulfide) groups is 1. The number of nitrogens with zero attached hydrogens (tertiary/aromatic N) is 2. The predicted octanol–water partition coefficient (Wildman–Crippen LogP) is 3.53. The molecule has 94 valence electrons. The lowest BCUT2D eigenvalue weighted by atomic mass is 10.1. The molecule has 2 aromatic rings. The van der Waals surface area contributed by atoms with Crippen LogP contribution in [-0.2, 0) is 6.54 Å². The molecule has 0 spiro atoms. The van der Waals surface area contributed by atoms with Gasteiger partial charge in [0.15, 0.2) is 10.9 Å². The lowest BCUT2D eigenvalue weighted by Crippen LogP contribution is -2.04. The van der Waals surface area contributed by atoms with E-state index in [4.69, 9.17) is 11.6 Å². The first-order chi connectivity index (χ1) is 8.70. The van der Waals surface area contributed by atoms with Crippen LogP contribution in [-0.4, -0.2) is 21.1 Å². The van der Waals surface area contributed by atoms with E-state index < -0.39 is 0 Å². The Morgan fingerprint density at radius 1 is 1.39 bits per heavy atom. The third-order valence-corrected chi connectivity index (χ3v) is 3.77. The maximum absolute atomic E-state index is 11.9. The highest BCUT2D eigenvalue weighted by Gasteiger charge is 2.09. The highest BCUT2D eigenvalue weighted by molar-refractivity contribution is 7.99. The zero-order valence-corrected chi connectivity index (χ0v) is 11.5. The number of Topliss-reactive ketones (excluding diaryl/α,β-unsaturated/α-hetero) is 1. The van der Waals surface area contributed by atoms with E-state index in [0.717, 1.165) is 11.7 Å². The number of imidazole rings is 1. The fraction of sp³-hybridized carbons (Fsp3) is 0.231. The molecule has 5 heteroatoms. The van der Waals surface area contributed by atoms with E-state index >= 15 is 0 Å². The first-order valence-corrected chi connectivity index (χ1v) is 6.99. The van der Waals surface area contributed by atoms with Gasteiger partial charge < -0.3 is 4.57 Å². The smallest absolute Gasteiger partial charge is 0.173 e. The second-order valence-electron chi connectivity index (χ2n) is 3.71. The summed E-state index contributed by atoms with van der Waals surface area (Å²) < 4.78 is 2.01. The Labute approximate surface area is 115 Å². The van der Waals surface area contributed by atoms with Crippen molar-refractivity contribution in [1.29, 1.82) is 0 Å². The Kier molecular flexibility index (Phi) is 4.44. The van der Waals surface area contributed by atoms with Gasteiger partial charge in [-0.1, -0.05) is 23.4 Å². The summed E-state index contributed by atoms with van der Waals surface area (Å²) >= 11 is 7.24. The van der Waals surface area contributed by atoms with Crippen LogP contribution in [0, 0.1) is 0 Å². The van der Waals surface area contributed by atoms with Gasteiger partial charge in [0, 0.05) is 29.5 Å². The predicted molar refractivity (Wildman–Crippen MR) is 74.4 cm³/mol. The van der Waals surface area contributed by atoms with Crippen LogP contribution in [0.3, 0.4) is 0 Å². The molecule has 0 unspecified atom stereocenters. The van der Waals surface area contributed by atoms with Crippen LogP contribution in [0.25, 0.3) is 0 Å². The molecule has 0 saturated carbocycles. The summed E-state index contributed by atoms with van der Waals surface area (Å²) in [6.45, 7) is 2.91. The van der Waals surface area contributed by atoms with Crippen molar-refractivity contribution in [3.63, 3.8) is 0 Å². The Bertz CT molecular complexity index is 536. The molecule has 0 N–H and O–H groups in total. The third-order valence-electron chi connectivity index (χ3n) is 2.52. The Morgan fingerprint density at radius 3 is 2.78 bits per heavy atom. The van der Waals surface area contributed by atoms with E-state index in [9.17, 15) is 4.79 Å². The van der Waals surface area contributed by atoms with Crippen molar-refractivity contribution < 1.29 is 4.79 Å². The molecule has 1 aromatic heterocycles. The van der Waals surface area contributed by atoms with Crippen molar-refractivity contribution in [3.8, 4) is 0 Å². The molecule has 1 aromatic carbocycles. The number of hydrogen-bond donors (Lipinski definition) is 0. The van der Waals surface area contributed by atoms with Crippen LogP contribution in [0.5, 0.6) is 0 Å². The van der Waals surface area contributed by atoms with E-state index in [1.807, 2.05) is 17.7 Å². The molecule has 0 saturated heterocycles. The molecule has 0 atom stereocenters. The standard InChI is InChI=1S/C13H13ClN2OS/c1-2-16-8-7-15-13(16)18-9-12(17)10-3-5-11(14)6-4-10/h3-8H,2,9H2,1H3. The molecule has 0 fully saturated rings. The van der Waals surface area contributed by atoms with Crippen molar-refractivity contribution in [2.45, 2.75) is 18.6 Å². The van der Waals surface area contributed by atoms with Gasteiger partial charge in [0.25, 0.3) is 0 Å². The summed E-state index contributed by atoms with van der Waals surface area (Å²) in [5, 5.41) is 1.51. The van der Waals surface area contributed by atoms with Crippen LogP contribution in [0.4, 0.5) is 0 Å². The van der Waals surface area contributed by atoms with E-state index in [-0.39, 0.29) is 5.78 Å². The Hall–Kier alpha value is -1.26. The Morgan fingerprint density at radius 2 is 2.11 bits per heavy atom. The third kappa shape index (κ3) is 3.15. The van der Waals surface area contributed by atoms with Gasteiger partial charge in [-0.15, -0.1) is 0 Å². The van der Waals surface area contributed by atoms with Crippen molar-refractivity contribution in [2.24, 2.45) is 0 Å². The van der Waals surface area contributed by atoms with E-state index in [1.165, 1.54) is 11.8 Å². The van der Waals surface area contributed by atoms with Gasteiger partial charge in [-0.25, -0.2) is 4.98 Å². The fourth-order valence-corrected chi connectivity index (χ4v) is 2.57. The van der Waals surface area contributed by atoms with Crippen molar-refractivity contribution >= 4 is 29.1 Å². The maximum Gasteiger partial charge on any atom is 0.173 e. The maximum atomic E-state index is 11.9. The Balaban J connectivity index is 1.98. The van der Waals surface area contributed by atoms with Crippen LogP contribution in [0.1, 0.15) is 17.3 Å². The van der Waals surface area contributed by atoms with Gasteiger partial charge in [0.05, 0.1) is 5.75 Å². The summed E-state index contributed by atoms with van der Waals surface area (Å²) in [6.07, 6.45) is 3.66. The van der Waals surface area contributed by atoms with E-state index in [1.54, 1.807) is 30.5 Å². The van der Waals surface area contributed by atoms with Gasteiger partial charge in [0.2, 0.25) is 0 Å². The van der Waals surface area contributed by atoms with Crippen LogP contribution in [0.2, 0.25) is 5.02 Å². The lowest BCUT2D eigenvalue weighted by Gasteiger charge is -2.04. The second-order valence-corrected chi connectivity index (χ2v) is 5.09. The second kappa shape index (κ2) is 6.07. The average molecular weight is 281 g/mol. The fourth-order valence-electron chi connectivity index (χ4n) is 1.53. The highest BCUT2D eigenvalue weighted by atomic mass is 35.5. The van der Waals surface area contributed by atoms with Crippen LogP contribution >= 0.6 is 23.4 Å². The topological polar surface area (TPSA) is 34.9 Å². The zero-order chi connectivity index (χ0) is 13.0. The molecule has 18 heavy (non-hydrogen) atoms. The molecule has 0 aliphatic rings. The summed E-state index contributed by atoms with van der Waals surface area (Å²) in [4.78, 5) is 16.2. The summed E-state index contributed by atoms with van der Waals surface area (Å²) in [5.41, 5.74) is 0.682. The number of halogens is 1. The molecule has 0 amide bonds. The highest BCUT2D eigenvalue weighted by Crippen LogP contribution is 2.18. The lowest BCUT2D eigenvalue weighted by molar-refractivity contribution is 0.102. The van der Waals surface area contributed by atoms with E-state index in [0.29, 0.717) is 16.3 Å². The van der Waals surface area contributed by atoms with Crippen LogP contribution in [0.15, 0.2) is 41.8 Å². The largest absolute Gasteiger partial charge is 0.326 e. The molecule has 0 bridgehead atoms. The minimum absolute atomic E-state index is 0.0855. The summed E-state index contributed by atoms with van der Waals surface area (Å²) in [6, 6.07) is 6.95. The monoisotopic (exact) mass is 280 g/mol. The quantitative estimate of drug-likeness (QED) is 0.621. The molecule has 1 heterocycles. The van der Waals surface area contributed by atoms with Crippen molar-refractivity contribution in [2.75, 3.05) is 5.75 Å². The van der Waals surface area contributed by atoms with Gasteiger partial charge >= 0.3 is 0 Å². The summed E-state index contributed by atoms with van der Waals surface area (Å²) in [5.74, 6) is 0.473. The number of benzene rings is 1. The minimum atomic E-state index is 0.0855. The summed E-state index contributed by atoms with van der Waals surface area (Å²) in [7, 11) is 0. The van der Waals surface area contributed by atoms with Gasteiger partial charge in [-0.05, 0) is 31.2 Å². The molecule has 0 radical (unpaired) electrons. The molecule has 0 aliphatic heterocycles. The number of aromatic nitrogens is 2. The number of carbonyl (C=O) groups is 1. The first-order valence-electron chi connectivity index (χ1n) is 5.63. The number of hydrogen-bond acceptors (Lipinski definition) is 3. The molecular weight excluding hydrogens is 268 g/mol. The number of carbonyl (C=O) groups excluding carboxylic acids is 1. The van der Waals surface area contributed by atoms with Gasteiger partial charge in [-0.3, -0.25) is 4.79 Å². The molecule has 2 rings (SSSR count). The number of rotatable bonds is 5. The zero-order valence-electron chi connectivity index (χ0n) is 9.97. The molecule has 3 nitrogen and oxygen atoms in total. The average Bonchev–Trinajstić information content (AvgIpc) is 2.84. The number of aryl methyl sites for hydroxylation is 1. The van der Waals surface area contributed by atoms with E-state index in [2.05, 4.69) is 4.98 Å².